The zero-order valence-corrected chi connectivity index (χ0v) is 9.34. The topological polar surface area (TPSA) is 86.0 Å². The Kier molecular flexibility index (Phi) is 5.50. The van der Waals surface area contributed by atoms with Gasteiger partial charge in [-0.3, -0.25) is 4.39 Å². The number of guanidine groups is 1. The van der Waals surface area contributed by atoms with Gasteiger partial charge in [0.15, 0.2) is 0 Å². The van der Waals surface area contributed by atoms with Crippen molar-refractivity contribution in [2.75, 3.05) is 13.3 Å². The van der Waals surface area contributed by atoms with Crippen molar-refractivity contribution in [3.63, 3.8) is 0 Å². The molecular formula is C11H15FN4O. The van der Waals surface area contributed by atoms with Crippen LogP contribution in [-0.2, 0) is 0 Å². The van der Waals surface area contributed by atoms with Crippen molar-refractivity contribution < 1.29 is 9.13 Å². The highest BCUT2D eigenvalue weighted by atomic mass is 19.1. The first-order chi connectivity index (χ1) is 8.22. The van der Waals surface area contributed by atoms with Crippen LogP contribution in [0.2, 0.25) is 0 Å². The molecule has 5 nitrogen and oxygen atoms in total. The first-order valence-corrected chi connectivity index (χ1v) is 5.13. The number of benzene rings is 1. The zero-order valence-electron chi connectivity index (χ0n) is 9.34. The van der Waals surface area contributed by atoms with Crippen molar-refractivity contribution in [1.29, 1.82) is 0 Å². The largest absolute Gasteiger partial charge is 0.493 e. The smallest absolute Gasteiger partial charge is 0.211 e. The number of hydrogen-bond donors (Lipinski definition) is 2. The van der Waals surface area contributed by atoms with Gasteiger partial charge in [-0.25, -0.2) is 0 Å². The molecule has 0 radical (unpaired) electrons. The van der Waals surface area contributed by atoms with Gasteiger partial charge in [0.25, 0.3) is 0 Å². The minimum atomic E-state index is -0.372. The number of ether oxygens (including phenoxy) is 1. The number of nitrogens with two attached hydrogens (primary N) is 2. The molecule has 4 N–H and O–H groups in total. The molecule has 1 aromatic carbocycles. The number of halogens is 1. The average molecular weight is 238 g/mol. The molecule has 0 saturated heterocycles. The summed E-state index contributed by atoms with van der Waals surface area (Å²) in [5.74, 6) is 0.602. The standard InChI is InChI=1S/C11H15FN4O/c12-6-1-7-17-10-4-2-9(3-5-10)8-15-16-11(13)14/h2-5,8H,1,6-7H2,(H4,13,14,16). The second kappa shape index (κ2) is 7.21. The molecule has 17 heavy (non-hydrogen) atoms. The van der Waals surface area contributed by atoms with E-state index in [9.17, 15) is 4.39 Å². The summed E-state index contributed by atoms with van der Waals surface area (Å²) in [4.78, 5) is 0. The maximum atomic E-state index is 11.8. The van der Waals surface area contributed by atoms with Crippen LogP contribution in [0.4, 0.5) is 4.39 Å². The van der Waals surface area contributed by atoms with Gasteiger partial charge in [-0.2, -0.15) is 5.10 Å². The van der Waals surface area contributed by atoms with Gasteiger partial charge < -0.3 is 16.2 Å². The van der Waals surface area contributed by atoms with E-state index in [1.165, 1.54) is 6.21 Å². The van der Waals surface area contributed by atoms with Crippen molar-refractivity contribution in [2.24, 2.45) is 21.7 Å². The number of rotatable bonds is 6. The van der Waals surface area contributed by atoms with E-state index in [2.05, 4.69) is 10.2 Å². The van der Waals surface area contributed by atoms with Crippen molar-refractivity contribution in [3.05, 3.63) is 29.8 Å². The first kappa shape index (κ1) is 13.0. The Morgan fingerprint density at radius 3 is 2.59 bits per heavy atom. The van der Waals surface area contributed by atoms with Gasteiger partial charge >= 0.3 is 0 Å². The van der Waals surface area contributed by atoms with E-state index in [4.69, 9.17) is 16.2 Å². The Morgan fingerprint density at radius 1 is 1.29 bits per heavy atom. The van der Waals surface area contributed by atoms with Gasteiger partial charge in [-0.15, -0.1) is 5.10 Å². The molecule has 0 amide bonds. The third-order valence-corrected chi connectivity index (χ3v) is 1.81. The van der Waals surface area contributed by atoms with E-state index < -0.39 is 0 Å². The number of hydrogen-bond acceptors (Lipinski definition) is 3. The Balaban J connectivity index is 2.50. The Labute approximate surface area is 99.0 Å². The third-order valence-electron chi connectivity index (χ3n) is 1.81. The van der Waals surface area contributed by atoms with Crippen LogP contribution in [0.5, 0.6) is 5.75 Å². The molecule has 0 aromatic heterocycles. The summed E-state index contributed by atoms with van der Waals surface area (Å²) in [6.45, 7) is 0.00118. The lowest BCUT2D eigenvalue weighted by atomic mass is 10.2. The minimum absolute atomic E-state index is 0.0903. The third kappa shape index (κ3) is 5.50. The van der Waals surface area contributed by atoms with Gasteiger partial charge in [-0.05, 0) is 29.8 Å². The summed E-state index contributed by atoms with van der Waals surface area (Å²) >= 11 is 0. The molecule has 6 heteroatoms. The lowest BCUT2D eigenvalue weighted by Crippen LogP contribution is -2.21. The summed E-state index contributed by atoms with van der Waals surface area (Å²) in [7, 11) is 0. The molecule has 0 bridgehead atoms. The predicted molar refractivity (Wildman–Crippen MR) is 65.9 cm³/mol. The lowest BCUT2D eigenvalue weighted by Gasteiger charge is -2.04. The van der Waals surface area contributed by atoms with Gasteiger partial charge in [0, 0.05) is 6.42 Å². The van der Waals surface area contributed by atoms with Gasteiger partial charge in [0.05, 0.1) is 19.5 Å². The molecule has 92 valence electrons. The van der Waals surface area contributed by atoms with Crippen LogP contribution in [0.15, 0.2) is 34.5 Å². The van der Waals surface area contributed by atoms with E-state index >= 15 is 0 Å². The SMILES string of the molecule is NC(N)=NN=Cc1ccc(OCCCF)cc1. The van der Waals surface area contributed by atoms with Crippen molar-refractivity contribution in [1.82, 2.24) is 0 Å². The Bertz CT molecular complexity index is 385. The highest BCUT2D eigenvalue weighted by Gasteiger charge is 1.93. The lowest BCUT2D eigenvalue weighted by molar-refractivity contribution is 0.289. The average Bonchev–Trinajstić information content (AvgIpc) is 2.31. The van der Waals surface area contributed by atoms with Crippen LogP contribution in [0.25, 0.3) is 0 Å². The zero-order chi connectivity index (χ0) is 12.5. The second-order valence-electron chi connectivity index (χ2n) is 3.23. The van der Waals surface area contributed by atoms with E-state index in [1.54, 1.807) is 24.3 Å². The van der Waals surface area contributed by atoms with Crippen LogP contribution in [0, 0.1) is 0 Å². The fourth-order valence-corrected chi connectivity index (χ4v) is 1.06. The highest BCUT2D eigenvalue weighted by molar-refractivity contribution is 5.81. The molecule has 1 rings (SSSR count). The van der Waals surface area contributed by atoms with Crippen LogP contribution in [0.3, 0.4) is 0 Å². The first-order valence-electron chi connectivity index (χ1n) is 5.13. The van der Waals surface area contributed by atoms with Gasteiger partial charge in [-0.1, -0.05) is 0 Å². The van der Waals surface area contributed by atoms with E-state index in [0.717, 1.165) is 5.56 Å². The molecule has 0 fully saturated rings. The predicted octanol–water partition coefficient (Wildman–Crippen LogP) is 1.03. The molecule has 0 aliphatic heterocycles. The summed E-state index contributed by atoms with van der Waals surface area (Å²) in [5.41, 5.74) is 11.1. The molecule has 0 aliphatic rings. The molecule has 1 aromatic rings. The molecule has 0 atom stereocenters. The molecule has 0 unspecified atom stereocenters. The number of alkyl halides is 1. The van der Waals surface area contributed by atoms with Crippen molar-refractivity contribution >= 4 is 12.2 Å². The molecule has 0 heterocycles. The molecule has 0 saturated carbocycles. The molecule has 0 spiro atoms. The van der Waals surface area contributed by atoms with E-state index in [1.807, 2.05) is 0 Å². The van der Waals surface area contributed by atoms with Crippen LogP contribution in [0.1, 0.15) is 12.0 Å². The Hall–Kier alpha value is -2.11. The molecular weight excluding hydrogens is 223 g/mol. The normalized spacial score (nSPS) is 10.4. The summed E-state index contributed by atoms with van der Waals surface area (Å²) in [5, 5.41) is 7.14. The summed E-state index contributed by atoms with van der Waals surface area (Å²) in [6.07, 6.45) is 1.92. The van der Waals surface area contributed by atoms with Crippen LogP contribution in [-0.4, -0.2) is 25.5 Å². The van der Waals surface area contributed by atoms with Crippen molar-refractivity contribution in [3.8, 4) is 5.75 Å². The van der Waals surface area contributed by atoms with Gasteiger partial charge in [0.2, 0.25) is 5.96 Å². The highest BCUT2D eigenvalue weighted by Crippen LogP contribution is 2.11. The monoisotopic (exact) mass is 238 g/mol. The van der Waals surface area contributed by atoms with Crippen LogP contribution >= 0.6 is 0 Å². The maximum absolute atomic E-state index is 11.8. The quantitative estimate of drug-likeness (QED) is 0.336. The number of nitrogens with zero attached hydrogens (tertiary/aromatic N) is 2. The van der Waals surface area contributed by atoms with Crippen molar-refractivity contribution in [2.45, 2.75) is 6.42 Å². The van der Waals surface area contributed by atoms with E-state index in [0.29, 0.717) is 18.8 Å². The Morgan fingerprint density at radius 2 is 2.00 bits per heavy atom. The summed E-state index contributed by atoms with van der Waals surface area (Å²) in [6, 6.07) is 7.15. The summed E-state index contributed by atoms with van der Waals surface area (Å²) < 4.78 is 17.1. The minimum Gasteiger partial charge on any atom is -0.493 e. The van der Waals surface area contributed by atoms with E-state index in [-0.39, 0.29) is 12.6 Å². The fraction of sp³-hybridized carbons (Fsp3) is 0.273. The maximum Gasteiger partial charge on any atom is 0.211 e. The van der Waals surface area contributed by atoms with Crippen LogP contribution < -0.4 is 16.2 Å². The molecule has 0 aliphatic carbocycles. The van der Waals surface area contributed by atoms with Gasteiger partial charge in [0.1, 0.15) is 5.75 Å². The second-order valence-corrected chi connectivity index (χ2v) is 3.23. The fourth-order valence-electron chi connectivity index (χ4n) is 1.06.